The molecule has 0 aliphatic carbocycles. The summed E-state index contributed by atoms with van der Waals surface area (Å²) in [7, 11) is 1.31. The Balaban J connectivity index is 2.27. The molecule has 0 aromatic rings. The maximum Gasteiger partial charge on any atom is 0.152 e. The summed E-state index contributed by atoms with van der Waals surface area (Å²) >= 11 is 0. The van der Waals surface area contributed by atoms with Gasteiger partial charge in [-0.3, -0.25) is 0 Å². The van der Waals surface area contributed by atoms with E-state index in [2.05, 4.69) is 10.2 Å². The van der Waals surface area contributed by atoms with E-state index in [4.69, 9.17) is 0 Å². The molecule has 1 fully saturated rings. The summed E-state index contributed by atoms with van der Waals surface area (Å²) in [5, 5.41) is 3.36. The van der Waals surface area contributed by atoms with Crippen molar-refractivity contribution in [2.45, 2.75) is 25.3 Å². The maximum atomic E-state index is 11.3. The Kier molecular flexibility index (Phi) is 4.14. The van der Waals surface area contributed by atoms with Crippen LogP contribution in [0.1, 0.15) is 19.8 Å². The van der Waals surface area contributed by atoms with Crippen molar-refractivity contribution in [3.8, 4) is 0 Å². The quantitative estimate of drug-likeness (QED) is 0.686. The Morgan fingerprint density at radius 1 is 1.40 bits per heavy atom. The first-order chi connectivity index (χ1) is 6.83. The summed E-state index contributed by atoms with van der Waals surface area (Å²) < 4.78 is 22.7. The first kappa shape index (κ1) is 12.9. The lowest BCUT2D eigenvalue weighted by Crippen LogP contribution is -2.44. The molecule has 0 spiro atoms. The Morgan fingerprint density at radius 2 is 2.07 bits per heavy atom. The molecular weight excluding hydrogens is 212 g/mol. The van der Waals surface area contributed by atoms with Crippen LogP contribution in [0.2, 0.25) is 0 Å². The van der Waals surface area contributed by atoms with Gasteiger partial charge >= 0.3 is 0 Å². The van der Waals surface area contributed by atoms with Crippen molar-refractivity contribution >= 4 is 9.84 Å². The van der Waals surface area contributed by atoms with Crippen LogP contribution in [0.25, 0.3) is 0 Å². The van der Waals surface area contributed by atoms with E-state index in [1.807, 2.05) is 21.0 Å². The maximum absolute atomic E-state index is 11.3. The topological polar surface area (TPSA) is 49.4 Å². The number of sulfone groups is 1. The third-order valence-electron chi connectivity index (χ3n) is 2.84. The zero-order valence-electron chi connectivity index (χ0n) is 9.91. The van der Waals surface area contributed by atoms with Gasteiger partial charge in [0, 0.05) is 5.54 Å². The number of rotatable bonds is 5. The van der Waals surface area contributed by atoms with Gasteiger partial charge in [-0.1, -0.05) is 0 Å². The molecule has 0 radical (unpaired) electrons. The Morgan fingerprint density at radius 3 is 2.53 bits per heavy atom. The predicted molar refractivity (Wildman–Crippen MR) is 62.8 cm³/mol. The fourth-order valence-electron chi connectivity index (χ4n) is 1.94. The minimum atomic E-state index is -2.78. The van der Waals surface area contributed by atoms with Gasteiger partial charge < -0.3 is 10.2 Å². The minimum absolute atomic E-state index is 0.189. The highest BCUT2D eigenvalue weighted by atomic mass is 32.2. The van der Waals surface area contributed by atoms with E-state index in [0.29, 0.717) is 11.5 Å². The van der Waals surface area contributed by atoms with Crippen molar-refractivity contribution < 1.29 is 8.42 Å². The molecule has 15 heavy (non-hydrogen) atoms. The largest absolute Gasteiger partial charge is 0.310 e. The Labute approximate surface area is 93.0 Å². The summed E-state index contributed by atoms with van der Waals surface area (Å²) in [6, 6.07) is 0. The van der Waals surface area contributed by atoms with Crippen LogP contribution >= 0.6 is 0 Å². The van der Waals surface area contributed by atoms with Crippen LogP contribution in [-0.4, -0.2) is 57.5 Å². The van der Waals surface area contributed by atoms with Gasteiger partial charge in [-0.25, -0.2) is 8.42 Å². The molecule has 0 bridgehead atoms. The predicted octanol–water partition coefficient (Wildman–Crippen LogP) is 0.105. The van der Waals surface area contributed by atoms with E-state index >= 15 is 0 Å². The first-order valence-corrected chi connectivity index (χ1v) is 7.25. The molecule has 0 aromatic heterocycles. The summed E-state index contributed by atoms with van der Waals surface area (Å²) in [4.78, 5) is 2.13. The van der Waals surface area contributed by atoms with Crippen molar-refractivity contribution in [2.75, 3.05) is 38.7 Å². The molecule has 1 aliphatic rings. The van der Waals surface area contributed by atoms with Gasteiger partial charge in [0.1, 0.15) is 0 Å². The second-order valence-electron chi connectivity index (χ2n) is 4.99. The van der Waals surface area contributed by atoms with E-state index in [1.165, 1.54) is 0 Å². The normalized spacial score (nSPS) is 29.9. The first-order valence-electron chi connectivity index (χ1n) is 5.43. The molecular formula is C10H22N2O2S. The molecule has 1 atom stereocenters. The van der Waals surface area contributed by atoms with Crippen molar-refractivity contribution in [2.24, 2.45) is 0 Å². The van der Waals surface area contributed by atoms with Gasteiger partial charge in [-0.05, 0) is 47.0 Å². The van der Waals surface area contributed by atoms with Gasteiger partial charge in [-0.2, -0.15) is 0 Å². The average molecular weight is 234 g/mol. The molecule has 90 valence electrons. The van der Waals surface area contributed by atoms with E-state index in [-0.39, 0.29) is 5.54 Å². The van der Waals surface area contributed by atoms with E-state index in [9.17, 15) is 8.42 Å². The third-order valence-corrected chi connectivity index (χ3v) is 4.74. The van der Waals surface area contributed by atoms with E-state index in [1.54, 1.807) is 0 Å². The van der Waals surface area contributed by atoms with Crippen LogP contribution in [0.5, 0.6) is 0 Å². The molecule has 1 unspecified atom stereocenters. The molecule has 1 saturated heterocycles. The van der Waals surface area contributed by atoms with E-state index < -0.39 is 9.84 Å². The standard InChI is InChI=1S/C10H22N2O2S/c1-10(5-8-15(13,14)9-10)11-6-4-7-12(2)3/h11H,4-9H2,1-3H3. The lowest BCUT2D eigenvalue weighted by molar-refractivity contribution is 0.355. The summed E-state index contributed by atoms with van der Waals surface area (Å²) in [6.45, 7) is 3.94. The molecule has 1 N–H and O–H groups in total. The fourth-order valence-corrected chi connectivity index (χ4v) is 4.06. The van der Waals surface area contributed by atoms with Crippen molar-refractivity contribution in [3.05, 3.63) is 0 Å². The lowest BCUT2D eigenvalue weighted by Gasteiger charge is -2.24. The SMILES string of the molecule is CN(C)CCCNC1(C)CCS(=O)(=O)C1. The van der Waals surface area contributed by atoms with Crippen LogP contribution in [-0.2, 0) is 9.84 Å². The van der Waals surface area contributed by atoms with Crippen LogP contribution < -0.4 is 5.32 Å². The van der Waals surface area contributed by atoms with Gasteiger partial charge in [-0.15, -0.1) is 0 Å². The van der Waals surface area contributed by atoms with Crippen molar-refractivity contribution in [1.29, 1.82) is 0 Å². The van der Waals surface area contributed by atoms with Crippen molar-refractivity contribution in [3.63, 3.8) is 0 Å². The average Bonchev–Trinajstić information content (AvgIpc) is 2.35. The number of nitrogens with one attached hydrogen (secondary N) is 1. The number of nitrogens with zero attached hydrogens (tertiary/aromatic N) is 1. The second-order valence-corrected chi connectivity index (χ2v) is 7.17. The van der Waals surface area contributed by atoms with Crippen LogP contribution in [0.3, 0.4) is 0 Å². The molecule has 4 nitrogen and oxygen atoms in total. The zero-order chi connectivity index (χ0) is 11.5. The van der Waals surface area contributed by atoms with Gasteiger partial charge in [0.2, 0.25) is 0 Å². The third kappa shape index (κ3) is 4.49. The number of hydrogen-bond donors (Lipinski definition) is 1. The molecule has 5 heteroatoms. The molecule has 1 rings (SSSR count). The van der Waals surface area contributed by atoms with Crippen LogP contribution in [0.15, 0.2) is 0 Å². The molecule has 1 heterocycles. The Bertz CT molecular complexity index is 301. The van der Waals surface area contributed by atoms with E-state index in [0.717, 1.165) is 25.9 Å². The Hall–Kier alpha value is -0.130. The summed E-state index contributed by atoms with van der Waals surface area (Å²) in [6.07, 6.45) is 1.81. The highest BCUT2D eigenvalue weighted by Gasteiger charge is 2.37. The fraction of sp³-hybridized carbons (Fsp3) is 1.00. The summed E-state index contributed by atoms with van der Waals surface area (Å²) in [5.41, 5.74) is -0.189. The van der Waals surface area contributed by atoms with Crippen LogP contribution in [0.4, 0.5) is 0 Å². The lowest BCUT2D eigenvalue weighted by atomic mass is 10.0. The summed E-state index contributed by atoms with van der Waals surface area (Å²) in [5.74, 6) is 0.631. The number of hydrogen-bond acceptors (Lipinski definition) is 4. The van der Waals surface area contributed by atoms with Gasteiger partial charge in [0.25, 0.3) is 0 Å². The molecule has 0 amide bonds. The second kappa shape index (κ2) is 4.80. The highest BCUT2D eigenvalue weighted by molar-refractivity contribution is 7.91. The molecule has 1 aliphatic heterocycles. The molecule has 0 aromatic carbocycles. The van der Waals surface area contributed by atoms with Crippen molar-refractivity contribution in [1.82, 2.24) is 10.2 Å². The van der Waals surface area contributed by atoms with Crippen LogP contribution in [0, 0.1) is 0 Å². The monoisotopic (exact) mass is 234 g/mol. The molecule has 0 saturated carbocycles. The minimum Gasteiger partial charge on any atom is -0.310 e. The van der Waals surface area contributed by atoms with Gasteiger partial charge in [0.15, 0.2) is 9.84 Å². The smallest absolute Gasteiger partial charge is 0.152 e. The zero-order valence-corrected chi connectivity index (χ0v) is 10.7. The van der Waals surface area contributed by atoms with Gasteiger partial charge in [0.05, 0.1) is 11.5 Å². The highest BCUT2D eigenvalue weighted by Crippen LogP contribution is 2.22.